The summed E-state index contributed by atoms with van der Waals surface area (Å²) >= 11 is 12.0. The number of carbonyl (C=O) groups excluding carboxylic acids is 2. The zero-order chi connectivity index (χ0) is 21.4. The zero-order valence-corrected chi connectivity index (χ0v) is 17.5. The number of halogens is 3. The lowest BCUT2D eigenvalue weighted by atomic mass is 10.2. The summed E-state index contributed by atoms with van der Waals surface area (Å²) in [6.07, 6.45) is 0.0620. The summed E-state index contributed by atoms with van der Waals surface area (Å²) < 4.78 is 23.8. The third kappa shape index (κ3) is 6.51. The number of rotatable bonds is 9. The van der Waals surface area contributed by atoms with Crippen molar-refractivity contribution in [1.82, 2.24) is 10.6 Å². The third-order valence-electron chi connectivity index (χ3n) is 3.88. The average molecular weight is 443 g/mol. The fraction of sp³-hybridized carbons (Fsp3) is 0.300. The van der Waals surface area contributed by atoms with Crippen molar-refractivity contribution in [3.05, 3.63) is 57.3 Å². The molecule has 0 aliphatic rings. The molecule has 0 unspecified atom stereocenters. The highest BCUT2D eigenvalue weighted by atomic mass is 35.5. The molecule has 2 aromatic rings. The topological polar surface area (TPSA) is 76.7 Å². The van der Waals surface area contributed by atoms with E-state index < -0.39 is 11.7 Å². The van der Waals surface area contributed by atoms with Crippen LogP contribution in [0.4, 0.5) is 4.39 Å². The first-order valence-corrected chi connectivity index (χ1v) is 9.60. The summed E-state index contributed by atoms with van der Waals surface area (Å²) in [5.41, 5.74) is 0.885. The van der Waals surface area contributed by atoms with Gasteiger partial charge >= 0.3 is 0 Å². The molecule has 0 aromatic heterocycles. The van der Waals surface area contributed by atoms with Gasteiger partial charge in [-0.1, -0.05) is 23.2 Å². The summed E-state index contributed by atoms with van der Waals surface area (Å²) in [5.74, 6) is -0.344. The van der Waals surface area contributed by atoms with Gasteiger partial charge in [-0.05, 0) is 42.8 Å². The van der Waals surface area contributed by atoms with Gasteiger partial charge in [-0.25, -0.2) is 4.39 Å². The maximum atomic E-state index is 13.0. The predicted octanol–water partition coefficient (Wildman–Crippen LogP) is 3.98. The van der Waals surface area contributed by atoms with Crippen LogP contribution in [-0.4, -0.2) is 32.1 Å². The maximum absolute atomic E-state index is 13.0. The molecule has 2 aromatic carbocycles. The van der Waals surface area contributed by atoms with Crippen LogP contribution in [0.3, 0.4) is 0 Å². The molecule has 0 aliphatic heterocycles. The molecule has 0 radical (unpaired) electrons. The zero-order valence-electron chi connectivity index (χ0n) is 16.0. The Hall–Kier alpha value is -2.51. The lowest BCUT2D eigenvalue weighted by Crippen LogP contribution is -2.30. The standard InChI is InChI=1S/C20H21Cl2FN2O4/c1-3-29-19-16(22)8-12(9-17(19)28-2)11-25-18(26)6-7-24-20(27)14-5-4-13(23)10-15(14)21/h4-5,8-10H,3,6-7,11H2,1-2H3,(H,24,27)(H,25,26). The van der Waals surface area contributed by atoms with Gasteiger partial charge in [0.2, 0.25) is 5.91 Å². The second-order valence-corrected chi connectivity index (χ2v) is 6.76. The van der Waals surface area contributed by atoms with Gasteiger partial charge in [0, 0.05) is 19.5 Å². The van der Waals surface area contributed by atoms with Crippen molar-refractivity contribution < 1.29 is 23.5 Å². The highest BCUT2D eigenvalue weighted by Crippen LogP contribution is 2.36. The van der Waals surface area contributed by atoms with Crippen LogP contribution in [0.5, 0.6) is 11.5 Å². The Morgan fingerprint density at radius 2 is 1.86 bits per heavy atom. The Morgan fingerprint density at radius 1 is 1.10 bits per heavy atom. The van der Waals surface area contributed by atoms with Gasteiger partial charge in [-0.3, -0.25) is 9.59 Å². The Balaban J connectivity index is 1.84. The van der Waals surface area contributed by atoms with Gasteiger partial charge in [0.15, 0.2) is 11.5 Å². The second-order valence-electron chi connectivity index (χ2n) is 5.95. The Kier molecular flexibility index (Phi) is 8.54. The molecule has 0 atom stereocenters. The molecule has 9 heteroatoms. The van der Waals surface area contributed by atoms with Crippen molar-refractivity contribution in [3.8, 4) is 11.5 Å². The van der Waals surface area contributed by atoms with E-state index in [1.54, 1.807) is 12.1 Å². The van der Waals surface area contributed by atoms with E-state index in [0.717, 1.165) is 17.7 Å². The van der Waals surface area contributed by atoms with E-state index >= 15 is 0 Å². The smallest absolute Gasteiger partial charge is 0.252 e. The van der Waals surface area contributed by atoms with E-state index in [4.69, 9.17) is 32.7 Å². The number of methoxy groups -OCH3 is 1. The van der Waals surface area contributed by atoms with Crippen LogP contribution in [0.15, 0.2) is 30.3 Å². The van der Waals surface area contributed by atoms with Crippen molar-refractivity contribution in [2.24, 2.45) is 0 Å². The average Bonchev–Trinajstić information content (AvgIpc) is 2.68. The second kappa shape index (κ2) is 10.9. The SMILES string of the molecule is CCOc1c(Cl)cc(CNC(=O)CCNC(=O)c2ccc(F)cc2Cl)cc1OC. The summed E-state index contributed by atoms with van der Waals surface area (Å²) in [4.78, 5) is 24.1. The molecule has 2 amide bonds. The molecule has 0 spiro atoms. The van der Waals surface area contributed by atoms with Gasteiger partial charge in [0.1, 0.15) is 5.82 Å². The molecule has 2 rings (SSSR count). The first-order chi connectivity index (χ1) is 13.8. The lowest BCUT2D eigenvalue weighted by Gasteiger charge is -2.13. The number of nitrogens with one attached hydrogen (secondary N) is 2. The molecular formula is C20H21Cl2FN2O4. The molecule has 0 heterocycles. The first kappa shape index (κ1) is 22.8. The summed E-state index contributed by atoms with van der Waals surface area (Å²) in [7, 11) is 1.51. The fourth-order valence-electron chi connectivity index (χ4n) is 2.51. The van der Waals surface area contributed by atoms with E-state index in [1.807, 2.05) is 6.92 Å². The quantitative estimate of drug-likeness (QED) is 0.615. The summed E-state index contributed by atoms with van der Waals surface area (Å²) in [6, 6.07) is 6.91. The van der Waals surface area contributed by atoms with E-state index in [0.29, 0.717) is 23.1 Å². The van der Waals surface area contributed by atoms with Crippen LogP contribution in [0.25, 0.3) is 0 Å². The Labute approximate surface area is 178 Å². The number of ether oxygens (including phenoxy) is 2. The van der Waals surface area contributed by atoms with Crippen molar-refractivity contribution >= 4 is 35.0 Å². The van der Waals surface area contributed by atoms with Crippen molar-refractivity contribution in [2.75, 3.05) is 20.3 Å². The summed E-state index contributed by atoms with van der Waals surface area (Å²) in [6.45, 7) is 2.62. The molecule has 0 bridgehead atoms. The number of benzene rings is 2. The molecule has 0 aliphatic carbocycles. The molecule has 0 saturated carbocycles. The number of amides is 2. The van der Waals surface area contributed by atoms with Crippen LogP contribution in [-0.2, 0) is 11.3 Å². The number of carbonyl (C=O) groups is 2. The van der Waals surface area contributed by atoms with Gasteiger partial charge in [0.05, 0.1) is 29.3 Å². The van der Waals surface area contributed by atoms with Gasteiger partial charge in [-0.2, -0.15) is 0 Å². The minimum atomic E-state index is -0.531. The van der Waals surface area contributed by atoms with Gasteiger partial charge < -0.3 is 20.1 Å². The van der Waals surface area contributed by atoms with Crippen LogP contribution < -0.4 is 20.1 Å². The highest BCUT2D eigenvalue weighted by Gasteiger charge is 2.13. The molecule has 6 nitrogen and oxygen atoms in total. The first-order valence-electron chi connectivity index (χ1n) is 8.84. The minimum Gasteiger partial charge on any atom is -0.493 e. The lowest BCUT2D eigenvalue weighted by molar-refractivity contribution is -0.121. The van der Waals surface area contributed by atoms with Crippen LogP contribution in [0.2, 0.25) is 10.0 Å². The third-order valence-corrected chi connectivity index (χ3v) is 4.47. The fourth-order valence-corrected chi connectivity index (χ4v) is 3.05. The largest absolute Gasteiger partial charge is 0.493 e. The van der Waals surface area contributed by atoms with Gasteiger partial charge in [0.25, 0.3) is 5.91 Å². The van der Waals surface area contributed by atoms with Gasteiger partial charge in [-0.15, -0.1) is 0 Å². The monoisotopic (exact) mass is 442 g/mol. The molecule has 29 heavy (non-hydrogen) atoms. The van der Waals surface area contributed by atoms with Crippen molar-refractivity contribution in [1.29, 1.82) is 0 Å². The Morgan fingerprint density at radius 3 is 2.52 bits per heavy atom. The number of hydrogen-bond donors (Lipinski definition) is 2. The van der Waals surface area contributed by atoms with E-state index in [1.165, 1.54) is 13.2 Å². The van der Waals surface area contributed by atoms with Crippen molar-refractivity contribution in [3.63, 3.8) is 0 Å². The van der Waals surface area contributed by atoms with E-state index in [9.17, 15) is 14.0 Å². The molecule has 0 fully saturated rings. The summed E-state index contributed by atoms with van der Waals surface area (Å²) in [5, 5.41) is 5.71. The molecule has 156 valence electrons. The molecular weight excluding hydrogens is 422 g/mol. The van der Waals surface area contributed by atoms with E-state index in [2.05, 4.69) is 10.6 Å². The van der Waals surface area contributed by atoms with Crippen LogP contribution in [0.1, 0.15) is 29.3 Å². The normalized spacial score (nSPS) is 10.4. The maximum Gasteiger partial charge on any atom is 0.252 e. The van der Waals surface area contributed by atoms with E-state index in [-0.39, 0.29) is 36.0 Å². The minimum absolute atomic E-state index is 0.00766. The van der Waals surface area contributed by atoms with Crippen LogP contribution >= 0.6 is 23.2 Å². The van der Waals surface area contributed by atoms with Crippen molar-refractivity contribution in [2.45, 2.75) is 19.9 Å². The number of hydrogen-bond acceptors (Lipinski definition) is 4. The highest BCUT2D eigenvalue weighted by molar-refractivity contribution is 6.33. The molecule has 2 N–H and O–H groups in total. The Bertz CT molecular complexity index is 893. The van der Waals surface area contributed by atoms with Crippen LogP contribution in [0, 0.1) is 5.82 Å². The molecule has 0 saturated heterocycles. The predicted molar refractivity (Wildman–Crippen MR) is 109 cm³/mol.